The van der Waals surface area contributed by atoms with Crippen LogP contribution >= 0.6 is 0 Å². The van der Waals surface area contributed by atoms with Gasteiger partial charge in [-0.15, -0.1) is 0 Å². The first-order valence-corrected chi connectivity index (χ1v) is 8.30. The smallest absolute Gasteiger partial charge is 0.338 e. The zero-order valence-electron chi connectivity index (χ0n) is 14.9. The van der Waals surface area contributed by atoms with E-state index in [4.69, 9.17) is 9.26 Å². The van der Waals surface area contributed by atoms with Crippen molar-refractivity contribution in [3.05, 3.63) is 69.3 Å². The van der Waals surface area contributed by atoms with E-state index in [0.29, 0.717) is 16.9 Å². The van der Waals surface area contributed by atoms with Crippen LogP contribution in [-0.2, 0) is 4.74 Å². The molecule has 0 atom stereocenters. The van der Waals surface area contributed by atoms with Crippen LogP contribution in [0.5, 0.6) is 5.75 Å². The van der Waals surface area contributed by atoms with Crippen molar-refractivity contribution in [1.82, 2.24) is 10.1 Å². The third kappa shape index (κ3) is 3.55. The standard InChI is InChI=1S/C19H12FN3O6/c1-27-19(24)12-5-11(7-15(8-12)23(25)26)18-21-17(22-29-18)13-4-10-6-14(20)2-3-16(10)28-9-13/h2-8H,9H2,1H3. The molecule has 0 amide bonds. The summed E-state index contributed by atoms with van der Waals surface area (Å²) in [6.45, 7) is 0.139. The number of fused-ring (bicyclic) bond motifs is 1. The number of nitro groups is 1. The molecule has 0 saturated carbocycles. The van der Waals surface area contributed by atoms with Crippen molar-refractivity contribution < 1.29 is 28.1 Å². The summed E-state index contributed by atoms with van der Waals surface area (Å²) in [5.74, 6) is -0.469. The molecule has 146 valence electrons. The van der Waals surface area contributed by atoms with Gasteiger partial charge < -0.3 is 14.0 Å². The van der Waals surface area contributed by atoms with Crippen molar-refractivity contribution in [2.75, 3.05) is 13.7 Å². The largest absolute Gasteiger partial charge is 0.488 e. The van der Waals surface area contributed by atoms with Gasteiger partial charge in [-0.3, -0.25) is 10.1 Å². The Labute approximate surface area is 162 Å². The van der Waals surface area contributed by atoms with Crippen LogP contribution in [0.1, 0.15) is 21.7 Å². The predicted octanol–water partition coefficient (Wildman–Crippen LogP) is 3.50. The van der Waals surface area contributed by atoms with Crippen LogP contribution in [-0.4, -0.2) is 34.7 Å². The summed E-state index contributed by atoms with van der Waals surface area (Å²) < 4.78 is 28.9. The van der Waals surface area contributed by atoms with Gasteiger partial charge in [-0.25, -0.2) is 9.18 Å². The number of esters is 1. The van der Waals surface area contributed by atoms with Gasteiger partial charge in [0.25, 0.3) is 11.6 Å². The van der Waals surface area contributed by atoms with Gasteiger partial charge in [0.15, 0.2) is 0 Å². The minimum Gasteiger partial charge on any atom is -0.488 e. The molecule has 2 heterocycles. The summed E-state index contributed by atoms with van der Waals surface area (Å²) in [4.78, 5) is 26.6. The molecule has 10 heteroatoms. The van der Waals surface area contributed by atoms with Crippen LogP contribution < -0.4 is 4.74 Å². The number of carbonyl (C=O) groups is 1. The molecule has 9 nitrogen and oxygen atoms in total. The summed E-state index contributed by atoms with van der Waals surface area (Å²) in [6, 6.07) is 7.79. The minimum absolute atomic E-state index is 0.0268. The van der Waals surface area contributed by atoms with Crippen LogP contribution in [0.15, 0.2) is 40.9 Å². The second kappa shape index (κ2) is 7.15. The number of hydrogen-bond donors (Lipinski definition) is 0. The lowest BCUT2D eigenvalue weighted by Crippen LogP contribution is -2.07. The number of hydrogen-bond acceptors (Lipinski definition) is 8. The number of ether oxygens (including phenoxy) is 2. The van der Waals surface area contributed by atoms with Gasteiger partial charge in [-0.05, 0) is 30.3 Å². The van der Waals surface area contributed by atoms with E-state index in [-0.39, 0.29) is 35.1 Å². The van der Waals surface area contributed by atoms with Gasteiger partial charge >= 0.3 is 5.97 Å². The third-order valence-corrected chi connectivity index (χ3v) is 4.19. The number of aromatic nitrogens is 2. The van der Waals surface area contributed by atoms with Gasteiger partial charge in [0.05, 0.1) is 17.6 Å². The fourth-order valence-corrected chi connectivity index (χ4v) is 2.82. The van der Waals surface area contributed by atoms with Crippen molar-refractivity contribution in [2.45, 2.75) is 0 Å². The number of rotatable bonds is 4. The zero-order chi connectivity index (χ0) is 20.5. The van der Waals surface area contributed by atoms with E-state index in [1.54, 1.807) is 6.08 Å². The number of nitro benzene ring substituents is 1. The lowest BCUT2D eigenvalue weighted by molar-refractivity contribution is -0.384. The number of nitrogens with zero attached hydrogens (tertiary/aromatic N) is 3. The van der Waals surface area contributed by atoms with Gasteiger partial charge in [0.1, 0.15) is 18.2 Å². The molecule has 3 aromatic rings. The molecule has 1 aromatic heterocycles. The summed E-state index contributed by atoms with van der Waals surface area (Å²) in [6.07, 6.45) is 1.67. The average molecular weight is 397 g/mol. The molecule has 0 bridgehead atoms. The van der Waals surface area contributed by atoms with Crippen molar-refractivity contribution in [3.8, 4) is 17.2 Å². The molecule has 1 aliphatic rings. The summed E-state index contributed by atoms with van der Waals surface area (Å²) >= 11 is 0. The lowest BCUT2D eigenvalue weighted by Gasteiger charge is -2.15. The maximum Gasteiger partial charge on any atom is 0.338 e. The first kappa shape index (κ1) is 18.3. The molecule has 4 rings (SSSR count). The van der Waals surface area contributed by atoms with E-state index in [1.165, 1.54) is 37.4 Å². The highest BCUT2D eigenvalue weighted by molar-refractivity contribution is 5.91. The van der Waals surface area contributed by atoms with Crippen molar-refractivity contribution in [3.63, 3.8) is 0 Å². The average Bonchev–Trinajstić information content (AvgIpc) is 3.22. The van der Waals surface area contributed by atoms with E-state index in [0.717, 1.165) is 6.07 Å². The van der Waals surface area contributed by atoms with Gasteiger partial charge in [0.2, 0.25) is 5.82 Å². The number of methoxy groups -OCH3 is 1. The quantitative estimate of drug-likeness (QED) is 0.373. The molecule has 29 heavy (non-hydrogen) atoms. The Morgan fingerprint density at radius 2 is 2.10 bits per heavy atom. The number of non-ortho nitro benzene ring substituents is 1. The van der Waals surface area contributed by atoms with E-state index < -0.39 is 16.7 Å². The van der Waals surface area contributed by atoms with Gasteiger partial charge in [-0.1, -0.05) is 5.16 Å². The fourth-order valence-electron chi connectivity index (χ4n) is 2.82. The molecule has 2 aromatic carbocycles. The zero-order valence-corrected chi connectivity index (χ0v) is 14.9. The van der Waals surface area contributed by atoms with Crippen LogP contribution in [0.2, 0.25) is 0 Å². The number of halogens is 1. The Bertz CT molecular complexity index is 1170. The van der Waals surface area contributed by atoms with E-state index >= 15 is 0 Å². The normalized spacial score (nSPS) is 12.6. The maximum atomic E-state index is 13.5. The van der Waals surface area contributed by atoms with Crippen molar-refractivity contribution >= 4 is 23.3 Å². The van der Waals surface area contributed by atoms with Gasteiger partial charge in [0, 0.05) is 28.8 Å². The molecule has 0 N–H and O–H groups in total. The molecule has 0 spiro atoms. The molecular weight excluding hydrogens is 385 g/mol. The Morgan fingerprint density at radius 3 is 2.86 bits per heavy atom. The number of benzene rings is 2. The third-order valence-electron chi connectivity index (χ3n) is 4.19. The van der Waals surface area contributed by atoms with Crippen LogP contribution in [0.4, 0.5) is 10.1 Å². The monoisotopic (exact) mass is 397 g/mol. The molecule has 0 saturated heterocycles. The minimum atomic E-state index is -0.739. The van der Waals surface area contributed by atoms with Crippen LogP contribution in [0.25, 0.3) is 23.1 Å². The highest BCUT2D eigenvalue weighted by Gasteiger charge is 2.21. The Kier molecular flexibility index (Phi) is 4.51. The highest BCUT2D eigenvalue weighted by atomic mass is 19.1. The molecule has 1 aliphatic heterocycles. The summed E-state index contributed by atoms with van der Waals surface area (Å²) in [7, 11) is 1.17. The van der Waals surface area contributed by atoms with Crippen LogP contribution in [0, 0.1) is 15.9 Å². The van der Waals surface area contributed by atoms with E-state index in [1.807, 2.05) is 0 Å². The highest BCUT2D eigenvalue weighted by Crippen LogP contribution is 2.31. The van der Waals surface area contributed by atoms with E-state index in [9.17, 15) is 19.3 Å². The Morgan fingerprint density at radius 1 is 1.28 bits per heavy atom. The number of carbonyl (C=O) groups excluding carboxylic acids is 1. The molecular formula is C19H12FN3O6. The first-order valence-electron chi connectivity index (χ1n) is 8.30. The molecule has 0 radical (unpaired) electrons. The predicted molar refractivity (Wildman–Crippen MR) is 97.5 cm³/mol. The SMILES string of the molecule is COC(=O)c1cc(-c2nc(C3=Cc4cc(F)ccc4OC3)no2)cc([N+](=O)[O-])c1. The topological polar surface area (TPSA) is 118 Å². The first-order chi connectivity index (χ1) is 13.9. The second-order valence-corrected chi connectivity index (χ2v) is 6.08. The molecule has 0 aliphatic carbocycles. The van der Waals surface area contributed by atoms with Gasteiger partial charge in [-0.2, -0.15) is 4.98 Å². The fraction of sp³-hybridized carbons (Fsp3) is 0.105. The summed E-state index contributed by atoms with van der Waals surface area (Å²) in [5, 5.41) is 15.0. The van der Waals surface area contributed by atoms with E-state index in [2.05, 4.69) is 14.9 Å². The van der Waals surface area contributed by atoms with Crippen molar-refractivity contribution in [2.24, 2.45) is 0 Å². The van der Waals surface area contributed by atoms with Crippen LogP contribution in [0.3, 0.4) is 0 Å². The Balaban J connectivity index is 1.72. The molecule has 0 unspecified atom stereocenters. The summed E-state index contributed by atoms with van der Waals surface area (Å²) in [5.41, 5.74) is 0.896. The van der Waals surface area contributed by atoms with Crippen molar-refractivity contribution in [1.29, 1.82) is 0 Å². The Hall–Kier alpha value is -4.08. The lowest BCUT2D eigenvalue weighted by atomic mass is 10.1. The maximum absolute atomic E-state index is 13.5. The second-order valence-electron chi connectivity index (χ2n) is 6.08. The molecule has 0 fully saturated rings.